The number of nitrogens with one attached hydrogen (secondary N) is 2. The van der Waals surface area contributed by atoms with Crippen molar-refractivity contribution < 1.29 is 4.79 Å². The van der Waals surface area contributed by atoms with E-state index in [0.29, 0.717) is 18.2 Å². The summed E-state index contributed by atoms with van der Waals surface area (Å²) in [5.74, 6) is 6.67. The van der Waals surface area contributed by atoms with Crippen LogP contribution in [0, 0.1) is 0 Å². The number of nitrogen functional groups attached to an aromatic ring is 1. The second kappa shape index (κ2) is 6.75. The van der Waals surface area contributed by atoms with Crippen molar-refractivity contribution in [3.8, 4) is 0 Å². The van der Waals surface area contributed by atoms with Crippen molar-refractivity contribution in [2.45, 2.75) is 20.3 Å². The number of anilines is 2. The molecule has 1 rings (SSSR count). The lowest BCUT2D eigenvalue weighted by molar-refractivity contribution is -0.119. The van der Waals surface area contributed by atoms with Gasteiger partial charge in [0.1, 0.15) is 18.0 Å². The number of carbonyl (C=O) groups is 1. The van der Waals surface area contributed by atoms with E-state index < -0.39 is 0 Å². The predicted octanol–water partition coefficient (Wildman–Crippen LogP) is -0.103. The molecule has 1 aromatic rings. The molecule has 1 heterocycles. The first kappa shape index (κ1) is 14.2. The maximum Gasteiger partial charge on any atom is 0.239 e. The third kappa shape index (κ3) is 3.30. The Labute approximate surface area is 107 Å². The van der Waals surface area contributed by atoms with Crippen LogP contribution in [-0.2, 0) is 11.2 Å². The maximum absolute atomic E-state index is 11.5. The molecule has 0 aliphatic heterocycles. The van der Waals surface area contributed by atoms with Crippen LogP contribution in [0.4, 0.5) is 11.6 Å². The number of rotatable bonds is 6. The number of hydrazine groups is 1. The molecule has 1 aromatic heterocycles. The van der Waals surface area contributed by atoms with Crippen molar-refractivity contribution in [1.82, 2.24) is 15.3 Å². The van der Waals surface area contributed by atoms with Gasteiger partial charge in [-0.2, -0.15) is 0 Å². The number of likely N-dealkylation sites (N-methyl/N-ethyl adjacent to an activating group) is 2. The van der Waals surface area contributed by atoms with Gasteiger partial charge < -0.3 is 15.6 Å². The third-order valence-electron chi connectivity index (χ3n) is 2.53. The Morgan fingerprint density at radius 3 is 2.72 bits per heavy atom. The van der Waals surface area contributed by atoms with Gasteiger partial charge in [-0.05, 0) is 13.3 Å². The normalized spacial score (nSPS) is 10.0. The quantitative estimate of drug-likeness (QED) is 0.483. The molecule has 0 unspecified atom stereocenters. The smallest absolute Gasteiger partial charge is 0.239 e. The molecule has 0 bridgehead atoms. The topological polar surface area (TPSA) is 96.2 Å². The van der Waals surface area contributed by atoms with Crippen LogP contribution in [0.5, 0.6) is 0 Å². The fourth-order valence-corrected chi connectivity index (χ4v) is 1.73. The van der Waals surface area contributed by atoms with E-state index in [9.17, 15) is 4.79 Å². The first-order valence-corrected chi connectivity index (χ1v) is 5.92. The SMILES string of the molecule is CCNC(=O)CN(C)c1ncnc(NN)c1CC. The summed E-state index contributed by atoms with van der Waals surface area (Å²) in [5.41, 5.74) is 3.44. The van der Waals surface area contributed by atoms with Crippen LogP contribution >= 0.6 is 0 Å². The van der Waals surface area contributed by atoms with Crippen LogP contribution in [0.25, 0.3) is 0 Å². The molecule has 7 nitrogen and oxygen atoms in total. The van der Waals surface area contributed by atoms with Gasteiger partial charge in [-0.25, -0.2) is 15.8 Å². The zero-order chi connectivity index (χ0) is 13.5. The first-order chi connectivity index (χ1) is 8.63. The van der Waals surface area contributed by atoms with Crippen molar-refractivity contribution in [1.29, 1.82) is 0 Å². The summed E-state index contributed by atoms with van der Waals surface area (Å²) in [4.78, 5) is 21.6. The maximum atomic E-state index is 11.5. The summed E-state index contributed by atoms with van der Waals surface area (Å²) in [5, 5.41) is 2.75. The van der Waals surface area contributed by atoms with Gasteiger partial charge in [-0.1, -0.05) is 6.92 Å². The number of hydrogen-bond donors (Lipinski definition) is 3. The Morgan fingerprint density at radius 2 is 2.17 bits per heavy atom. The molecule has 7 heteroatoms. The molecule has 0 fully saturated rings. The number of amides is 1. The van der Waals surface area contributed by atoms with E-state index in [0.717, 1.165) is 12.0 Å². The van der Waals surface area contributed by atoms with E-state index in [1.807, 2.05) is 20.9 Å². The Kier molecular flexibility index (Phi) is 5.31. The molecule has 4 N–H and O–H groups in total. The highest BCUT2D eigenvalue weighted by atomic mass is 16.2. The minimum absolute atomic E-state index is 0.0390. The number of carbonyl (C=O) groups excluding carboxylic acids is 1. The van der Waals surface area contributed by atoms with Crippen LogP contribution in [0.2, 0.25) is 0 Å². The fraction of sp³-hybridized carbons (Fsp3) is 0.545. The lowest BCUT2D eigenvalue weighted by Gasteiger charge is -2.21. The number of hydrogen-bond acceptors (Lipinski definition) is 6. The van der Waals surface area contributed by atoms with Gasteiger partial charge in [0.15, 0.2) is 0 Å². The largest absolute Gasteiger partial charge is 0.355 e. The van der Waals surface area contributed by atoms with Crippen molar-refractivity contribution in [3.63, 3.8) is 0 Å². The van der Waals surface area contributed by atoms with Crippen molar-refractivity contribution in [2.75, 3.05) is 30.5 Å². The average Bonchev–Trinajstić information content (AvgIpc) is 2.37. The van der Waals surface area contributed by atoms with E-state index >= 15 is 0 Å². The van der Waals surface area contributed by atoms with E-state index in [2.05, 4.69) is 20.7 Å². The molecule has 0 radical (unpaired) electrons. The Balaban J connectivity index is 2.91. The first-order valence-electron chi connectivity index (χ1n) is 5.92. The molecule has 0 atom stereocenters. The highest BCUT2D eigenvalue weighted by molar-refractivity contribution is 5.81. The van der Waals surface area contributed by atoms with E-state index in [1.54, 1.807) is 4.90 Å². The van der Waals surface area contributed by atoms with E-state index in [-0.39, 0.29) is 12.5 Å². The Hall–Kier alpha value is -1.89. The number of nitrogens with two attached hydrogens (primary N) is 1. The highest BCUT2D eigenvalue weighted by Crippen LogP contribution is 2.22. The zero-order valence-corrected chi connectivity index (χ0v) is 11.0. The lowest BCUT2D eigenvalue weighted by atomic mass is 10.2. The highest BCUT2D eigenvalue weighted by Gasteiger charge is 2.14. The number of nitrogens with zero attached hydrogens (tertiary/aromatic N) is 3. The van der Waals surface area contributed by atoms with Gasteiger partial charge in [-0.3, -0.25) is 4.79 Å². The van der Waals surface area contributed by atoms with Crippen LogP contribution in [-0.4, -0.2) is 36.0 Å². The fourth-order valence-electron chi connectivity index (χ4n) is 1.73. The third-order valence-corrected chi connectivity index (χ3v) is 2.53. The van der Waals surface area contributed by atoms with Crippen molar-refractivity contribution >= 4 is 17.5 Å². The van der Waals surface area contributed by atoms with Crippen LogP contribution in [0.15, 0.2) is 6.33 Å². The molecule has 0 saturated heterocycles. The molecular weight excluding hydrogens is 232 g/mol. The predicted molar refractivity (Wildman–Crippen MR) is 71.2 cm³/mol. The molecule has 18 heavy (non-hydrogen) atoms. The molecular formula is C11H20N6O. The monoisotopic (exact) mass is 252 g/mol. The van der Waals surface area contributed by atoms with Gasteiger partial charge in [0.25, 0.3) is 0 Å². The summed E-state index contributed by atoms with van der Waals surface area (Å²) in [6.45, 7) is 4.74. The molecule has 1 amide bonds. The van der Waals surface area contributed by atoms with E-state index in [1.165, 1.54) is 6.33 Å². The van der Waals surface area contributed by atoms with Crippen LogP contribution < -0.4 is 21.5 Å². The lowest BCUT2D eigenvalue weighted by Crippen LogP contribution is -2.36. The molecule has 100 valence electrons. The van der Waals surface area contributed by atoms with Gasteiger partial charge in [-0.15, -0.1) is 0 Å². The Bertz CT molecular complexity index is 409. The summed E-state index contributed by atoms with van der Waals surface area (Å²) in [6, 6.07) is 0. The van der Waals surface area contributed by atoms with Crippen molar-refractivity contribution in [2.24, 2.45) is 5.84 Å². The molecule has 0 saturated carbocycles. The molecule has 0 aliphatic rings. The minimum atomic E-state index is -0.0390. The van der Waals surface area contributed by atoms with Gasteiger partial charge >= 0.3 is 0 Å². The summed E-state index contributed by atoms with van der Waals surface area (Å²) < 4.78 is 0. The number of aromatic nitrogens is 2. The minimum Gasteiger partial charge on any atom is -0.355 e. The van der Waals surface area contributed by atoms with Gasteiger partial charge in [0.2, 0.25) is 5.91 Å². The van der Waals surface area contributed by atoms with E-state index in [4.69, 9.17) is 5.84 Å². The van der Waals surface area contributed by atoms with Gasteiger partial charge in [0, 0.05) is 19.2 Å². The second-order valence-corrected chi connectivity index (χ2v) is 3.83. The second-order valence-electron chi connectivity index (χ2n) is 3.83. The summed E-state index contributed by atoms with van der Waals surface area (Å²) in [6.07, 6.45) is 2.16. The molecule has 0 spiro atoms. The summed E-state index contributed by atoms with van der Waals surface area (Å²) >= 11 is 0. The standard InChI is InChI=1S/C11H20N6O/c1-4-8-10(16-12)14-7-15-11(8)17(3)6-9(18)13-5-2/h7H,4-6,12H2,1-3H3,(H,13,18)(H,14,15,16). The molecule has 0 aromatic carbocycles. The van der Waals surface area contributed by atoms with Crippen molar-refractivity contribution in [3.05, 3.63) is 11.9 Å². The zero-order valence-electron chi connectivity index (χ0n) is 11.0. The summed E-state index contributed by atoms with van der Waals surface area (Å²) in [7, 11) is 1.82. The Morgan fingerprint density at radius 1 is 1.44 bits per heavy atom. The van der Waals surface area contributed by atoms with Crippen LogP contribution in [0.3, 0.4) is 0 Å². The average molecular weight is 252 g/mol. The van der Waals surface area contributed by atoms with Crippen LogP contribution in [0.1, 0.15) is 19.4 Å². The molecule has 0 aliphatic carbocycles. The van der Waals surface area contributed by atoms with Gasteiger partial charge in [0.05, 0.1) is 6.54 Å².